The fourth-order valence-corrected chi connectivity index (χ4v) is 4.59. The first-order valence-corrected chi connectivity index (χ1v) is 9.38. The summed E-state index contributed by atoms with van der Waals surface area (Å²) in [7, 11) is 0. The summed E-state index contributed by atoms with van der Waals surface area (Å²) >= 11 is 0. The third-order valence-electron chi connectivity index (χ3n) is 5.73. The molecule has 0 bridgehead atoms. The van der Waals surface area contributed by atoms with Gasteiger partial charge in [0.15, 0.2) is 6.23 Å². The molecule has 0 amide bonds. The van der Waals surface area contributed by atoms with Crippen molar-refractivity contribution in [2.24, 2.45) is 0 Å². The molecule has 2 heteroatoms. The van der Waals surface area contributed by atoms with Crippen LogP contribution in [0.3, 0.4) is 0 Å². The van der Waals surface area contributed by atoms with Gasteiger partial charge in [-0.25, -0.2) is 0 Å². The molecule has 2 atom stereocenters. The summed E-state index contributed by atoms with van der Waals surface area (Å²) in [6.45, 7) is 3.35. The molecule has 0 saturated heterocycles. The number of hydrogen-bond acceptors (Lipinski definition) is 2. The van der Waals surface area contributed by atoms with Crippen LogP contribution in [-0.2, 0) is 6.42 Å². The summed E-state index contributed by atoms with van der Waals surface area (Å²) < 4.78 is 6.57. The Hall–Kier alpha value is -2.32. The lowest BCUT2D eigenvalue weighted by Gasteiger charge is -2.46. The second-order valence-electron chi connectivity index (χ2n) is 7.16. The first-order valence-electron chi connectivity index (χ1n) is 9.38. The number of rotatable bonds is 2. The number of fused-ring (bicyclic) bond motifs is 6. The minimum atomic E-state index is 0.0511. The van der Waals surface area contributed by atoms with Crippen molar-refractivity contribution in [2.75, 3.05) is 6.54 Å². The Kier molecular flexibility index (Phi) is 3.53. The fraction of sp³-hybridized carbons (Fsp3) is 0.304. The molecule has 0 aromatic heterocycles. The highest BCUT2D eigenvalue weighted by molar-refractivity contribution is 5.88. The Bertz CT molecular complexity index is 932. The van der Waals surface area contributed by atoms with Crippen molar-refractivity contribution in [3.63, 3.8) is 0 Å². The number of hydrogen-bond donors (Lipinski definition) is 0. The molecule has 0 spiro atoms. The van der Waals surface area contributed by atoms with E-state index in [1.807, 2.05) is 0 Å². The Labute approximate surface area is 149 Å². The van der Waals surface area contributed by atoms with Gasteiger partial charge in [0.05, 0.1) is 0 Å². The van der Waals surface area contributed by atoms with Crippen LogP contribution < -0.4 is 4.74 Å². The summed E-state index contributed by atoms with van der Waals surface area (Å²) in [5.74, 6) is 1.06. The van der Waals surface area contributed by atoms with E-state index in [1.54, 1.807) is 0 Å². The molecule has 3 aromatic rings. The summed E-state index contributed by atoms with van der Waals surface area (Å²) in [4.78, 5) is 2.58. The highest BCUT2D eigenvalue weighted by Crippen LogP contribution is 2.49. The zero-order chi connectivity index (χ0) is 16.8. The predicted molar refractivity (Wildman–Crippen MR) is 102 cm³/mol. The zero-order valence-electron chi connectivity index (χ0n) is 14.6. The average Bonchev–Trinajstić information content (AvgIpc) is 2.67. The molecule has 2 aliphatic heterocycles. The van der Waals surface area contributed by atoms with Gasteiger partial charge in [-0.1, -0.05) is 67.9 Å². The molecule has 2 unspecified atom stereocenters. The van der Waals surface area contributed by atoms with E-state index in [9.17, 15) is 0 Å². The maximum atomic E-state index is 6.57. The Balaban J connectivity index is 1.71. The molecule has 126 valence electrons. The molecule has 2 aliphatic rings. The number of ether oxygens (including phenoxy) is 1. The third-order valence-corrected chi connectivity index (χ3v) is 5.73. The van der Waals surface area contributed by atoms with Gasteiger partial charge in [0, 0.05) is 23.7 Å². The Morgan fingerprint density at radius 3 is 2.76 bits per heavy atom. The molecule has 0 saturated carbocycles. The van der Waals surface area contributed by atoms with Crippen molar-refractivity contribution in [1.29, 1.82) is 0 Å². The Morgan fingerprint density at radius 1 is 1.00 bits per heavy atom. The van der Waals surface area contributed by atoms with Crippen molar-refractivity contribution in [3.05, 3.63) is 77.4 Å². The zero-order valence-corrected chi connectivity index (χ0v) is 14.6. The first kappa shape index (κ1) is 15.0. The fourth-order valence-electron chi connectivity index (χ4n) is 4.59. The third kappa shape index (κ3) is 2.28. The van der Waals surface area contributed by atoms with Crippen molar-refractivity contribution in [2.45, 2.75) is 38.5 Å². The second kappa shape index (κ2) is 5.89. The van der Waals surface area contributed by atoms with E-state index in [0.717, 1.165) is 18.7 Å². The second-order valence-corrected chi connectivity index (χ2v) is 7.16. The predicted octanol–water partition coefficient (Wildman–Crippen LogP) is 5.63. The number of nitrogens with zero attached hydrogens (tertiary/aromatic N) is 1. The molecule has 0 N–H and O–H groups in total. The average molecular weight is 329 g/mol. The van der Waals surface area contributed by atoms with Crippen molar-refractivity contribution in [3.8, 4) is 5.75 Å². The molecule has 25 heavy (non-hydrogen) atoms. The summed E-state index contributed by atoms with van der Waals surface area (Å²) in [5.41, 5.74) is 4.16. The highest BCUT2D eigenvalue weighted by Gasteiger charge is 2.39. The van der Waals surface area contributed by atoms with Crippen molar-refractivity contribution < 1.29 is 4.74 Å². The van der Waals surface area contributed by atoms with E-state index in [0.29, 0.717) is 6.04 Å². The normalized spacial score (nSPS) is 22.0. The molecule has 3 aromatic carbocycles. The van der Waals surface area contributed by atoms with Crippen molar-refractivity contribution in [1.82, 2.24) is 4.90 Å². The van der Waals surface area contributed by atoms with Gasteiger partial charge in [-0.05, 0) is 35.2 Å². The molecular formula is C23H23NO. The molecule has 5 rings (SSSR count). The van der Waals surface area contributed by atoms with Crippen LogP contribution >= 0.6 is 0 Å². The van der Waals surface area contributed by atoms with Crippen LogP contribution in [0, 0.1) is 0 Å². The largest absolute Gasteiger partial charge is 0.471 e. The van der Waals surface area contributed by atoms with Crippen LogP contribution in [0.15, 0.2) is 60.7 Å². The summed E-state index contributed by atoms with van der Waals surface area (Å²) in [6.07, 6.45) is 3.51. The molecule has 0 fully saturated rings. The molecule has 2 heterocycles. The van der Waals surface area contributed by atoms with E-state index in [2.05, 4.69) is 72.5 Å². The van der Waals surface area contributed by atoms with E-state index in [4.69, 9.17) is 4.74 Å². The van der Waals surface area contributed by atoms with Gasteiger partial charge in [-0.15, -0.1) is 0 Å². The smallest absolute Gasteiger partial charge is 0.179 e. The SMILES string of the molecule is CCCC1c2c(ccc3ccccc23)OC2c3ccccc3CCN12. The van der Waals surface area contributed by atoms with Gasteiger partial charge in [0.1, 0.15) is 5.75 Å². The monoisotopic (exact) mass is 329 g/mol. The van der Waals surface area contributed by atoms with Crippen molar-refractivity contribution >= 4 is 10.8 Å². The van der Waals surface area contributed by atoms with E-state index in [-0.39, 0.29) is 6.23 Å². The van der Waals surface area contributed by atoms with Crippen LogP contribution in [0.4, 0.5) is 0 Å². The van der Waals surface area contributed by atoms with E-state index < -0.39 is 0 Å². The van der Waals surface area contributed by atoms with Gasteiger partial charge < -0.3 is 4.74 Å². The van der Waals surface area contributed by atoms with Crippen LogP contribution in [0.25, 0.3) is 10.8 Å². The highest BCUT2D eigenvalue weighted by atomic mass is 16.5. The lowest BCUT2D eigenvalue weighted by Crippen LogP contribution is -2.44. The minimum Gasteiger partial charge on any atom is -0.471 e. The topological polar surface area (TPSA) is 12.5 Å². The Morgan fingerprint density at radius 2 is 1.84 bits per heavy atom. The van der Waals surface area contributed by atoms with E-state index >= 15 is 0 Å². The maximum Gasteiger partial charge on any atom is 0.179 e. The summed E-state index contributed by atoms with van der Waals surface area (Å²) in [5, 5.41) is 2.65. The van der Waals surface area contributed by atoms with Gasteiger partial charge in [0.25, 0.3) is 0 Å². The van der Waals surface area contributed by atoms with Crippen LogP contribution in [0.5, 0.6) is 5.75 Å². The maximum absolute atomic E-state index is 6.57. The van der Waals surface area contributed by atoms with Gasteiger partial charge in [0.2, 0.25) is 0 Å². The molecule has 2 nitrogen and oxygen atoms in total. The lowest BCUT2D eigenvalue weighted by atomic mass is 9.88. The molecule has 0 aliphatic carbocycles. The van der Waals surface area contributed by atoms with Gasteiger partial charge >= 0.3 is 0 Å². The number of benzene rings is 3. The van der Waals surface area contributed by atoms with Gasteiger partial charge in [-0.3, -0.25) is 4.90 Å². The quantitative estimate of drug-likeness (QED) is 0.604. The molecule has 0 radical (unpaired) electrons. The molecular weight excluding hydrogens is 306 g/mol. The lowest BCUT2D eigenvalue weighted by molar-refractivity contribution is -0.0401. The van der Waals surface area contributed by atoms with Gasteiger partial charge in [-0.2, -0.15) is 0 Å². The minimum absolute atomic E-state index is 0.0511. The first-order chi connectivity index (χ1) is 12.4. The van der Waals surface area contributed by atoms with E-state index in [1.165, 1.54) is 40.3 Å². The van der Waals surface area contributed by atoms with Crippen LogP contribution in [0.2, 0.25) is 0 Å². The van der Waals surface area contributed by atoms with Crippen LogP contribution in [-0.4, -0.2) is 11.4 Å². The standard InChI is InChI=1S/C23H23NO/c1-2-7-20-22-18-10-5-3-8-16(18)12-13-21(22)25-23-19-11-6-4-9-17(19)14-15-24(20)23/h3-6,8-13,20,23H,2,7,14-15H2,1H3. The summed E-state index contributed by atoms with van der Waals surface area (Å²) in [6, 6.07) is 22.3. The van der Waals surface area contributed by atoms with Crippen LogP contribution in [0.1, 0.15) is 48.7 Å².